The van der Waals surface area contributed by atoms with E-state index in [4.69, 9.17) is 4.74 Å². The number of carbonyl (C=O) groups excluding carboxylic acids is 1. The Morgan fingerprint density at radius 3 is 2.72 bits per heavy atom. The van der Waals surface area contributed by atoms with Gasteiger partial charge < -0.3 is 15.4 Å². The molecule has 2 N–H and O–H groups in total. The smallest absolute Gasteiger partial charge is 0.407 e. The average Bonchev–Trinajstić information content (AvgIpc) is 2.74. The highest BCUT2D eigenvalue weighted by Crippen LogP contribution is 2.08. The Bertz CT molecular complexity index is 373. The summed E-state index contributed by atoms with van der Waals surface area (Å²) < 4.78 is 5.16. The molecule has 0 radical (unpaired) electrons. The van der Waals surface area contributed by atoms with E-state index >= 15 is 0 Å². The quantitative estimate of drug-likeness (QED) is 0.883. The molecule has 5 heteroatoms. The Hall–Kier alpha value is -1.26. The fraction of sp³-hybridized carbons (Fsp3) is 0.462. The molecule has 0 bridgehead atoms. The van der Waals surface area contributed by atoms with E-state index in [0.717, 1.165) is 18.7 Å². The van der Waals surface area contributed by atoms with Gasteiger partial charge in [-0.1, -0.05) is 37.3 Å². The number of rotatable bonds is 3. The Balaban J connectivity index is 0.00000162. The van der Waals surface area contributed by atoms with Crippen LogP contribution in [0, 0.1) is 5.92 Å². The molecule has 1 aromatic rings. The summed E-state index contributed by atoms with van der Waals surface area (Å²) in [6.07, 6.45) is -0.339. The van der Waals surface area contributed by atoms with Crippen LogP contribution in [0.2, 0.25) is 0 Å². The normalized spacial score (nSPS) is 22.1. The molecule has 1 fully saturated rings. The highest BCUT2D eigenvalue weighted by Gasteiger charge is 2.24. The summed E-state index contributed by atoms with van der Waals surface area (Å²) in [5.41, 5.74) is 1.00. The summed E-state index contributed by atoms with van der Waals surface area (Å²) in [6.45, 7) is 4.20. The largest absolute Gasteiger partial charge is 0.445 e. The van der Waals surface area contributed by atoms with Crippen LogP contribution in [0.4, 0.5) is 4.79 Å². The second-order valence-electron chi connectivity index (χ2n) is 4.45. The number of amides is 1. The molecular formula is C13H19ClN2O2. The average molecular weight is 271 g/mol. The number of halogens is 1. The lowest BCUT2D eigenvalue weighted by molar-refractivity contribution is 0.134. The van der Waals surface area contributed by atoms with Gasteiger partial charge in [-0.05, 0) is 18.0 Å². The van der Waals surface area contributed by atoms with Crippen molar-refractivity contribution in [2.45, 2.75) is 19.6 Å². The first-order valence-corrected chi connectivity index (χ1v) is 5.93. The van der Waals surface area contributed by atoms with Crippen molar-refractivity contribution in [3.8, 4) is 0 Å². The molecule has 1 aromatic carbocycles. The van der Waals surface area contributed by atoms with Gasteiger partial charge >= 0.3 is 6.09 Å². The Kier molecular flexibility index (Phi) is 5.95. The first kappa shape index (κ1) is 14.8. The number of hydrogen-bond donors (Lipinski definition) is 2. The van der Waals surface area contributed by atoms with Crippen LogP contribution in [0.15, 0.2) is 30.3 Å². The first-order chi connectivity index (χ1) is 8.25. The van der Waals surface area contributed by atoms with Crippen molar-refractivity contribution < 1.29 is 9.53 Å². The standard InChI is InChI=1S/C13H18N2O2.ClH/c1-10-7-14-8-12(10)15-13(16)17-9-11-5-3-2-4-6-11;/h2-6,10,12,14H,7-9H2,1H3,(H,15,16);1H/t10-,12-;/m1./s1. The third-order valence-corrected chi connectivity index (χ3v) is 3.03. The lowest BCUT2D eigenvalue weighted by Gasteiger charge is -2.16. The lowest BCUT2D eigenvalue weighted by Crippen LogP contribution is -2.39. The van der Waals surface area contributed by atoms with E-state index < -0.39 is 0 Å². The fourth-order valence-corrected chi connectivity index (χ4v) is 1.92. The summed E-state index contributed by atoms with van der Waals surface area (Å²) in [7, 11) is 0. The number of hydrogen-bond acceptors (Lipinski definition) is 3. The molecule has 0 spiro atoms. The molecule has 1 aliphatic heterocycles. The van der Waals surface area contributed by atoms with Gasteiger partial charge in [0.15, 0.2) is 0 Å². The zero-order valence-electron chi connectivity index (χ0n) is 10.4. The summed E-state index contributed by atoms with van der Waals surface area (Å²) in [6, 6.07) is 9.85. The van der Waals surface area contributed by atoms with E-state index in [0.29, 0.717) is 12.5 Å². The second kappa shape index (κ2) is 7.24. The topological polar surface area (TPSA) is 50.4 Å². The minimum Gasteiger partial charge on any atom is -0.445 e. The van der Waals surface area contributed by atoms with Crippen LogP contribution in [0.3, 0.4) is 0 Å². The molecule has 18 heavy (non-hydrogen) atoms. The third-order valence-electron chi connectivity index (χ3n) is 3.03. The molecule has 4 nitrogen and oxygen atoms in total. The summed E-state index contributed by atoms with van der Waals surface area (Å²) in [5.74, 6) is 0.458. The van der Waals surface area contributed by atoms with Crippen LogP contribution in [0.1, 0.15) is 12.5 Å². The monoisotopic (exact) mass is 270 g/mol. The first-order valence-electron chi connectivity index (χ1n) is 5.93. The lowest BCUT2D eigenvalue weighted by atomic mass is 10.1. The molecule has 0 saturated carbocycles. The van der Waals surface area contributed by atoms with Gasteiger partial charge in [-0.25, -0.2) is 4.79 Å². The Labute approximate surface area is 114 Å². The number of carbonyl (C=O) groups is 1. The predicted molar refractivity (Wildman–Crippen MR) is 72.8 cm³/mol. The number of ether oxygens (including phenoxy) is 1. The molecule has 0 aliphatic carbocycles. The molecule has 1 saturated heterocycles. The summed E-state index contributed by atoms with van der Waals surface area (Å²) in [4.78, 5) is 11.6. The van der Waals surface area contributed by atoms with Gasteiger partial charge in [-0.15, -0.1) is 12.4 Å². The second-order valence-corrected chi connectivity index (χ2v) is 4.45. The van der Waals surface area contributed by atoms with E-state index in [1.165, 1.54) is 0 Å². The van der Waals surface area contributed by atoms with Crippen molar-refractivity contribution in [2.24, 2.45) is 5.92 Å². The molecular weight excluding hydrogens is 252 g/mol. The van der Waals surface area contributed by atoms with Gasteiger partial charge in [-0.2, -0.15) is 0 Å². The van der Waals surface area contributed by atoms with Crippen LogP contribution in [-0.2, 0) is 11.3 Å². The number of alkyl carbamates (subject to hydrolysis) is 1. The minimum absolute atomic E-state index is 0. The van der Waals surface area contributed by atoms with Crippen molar-refractivity contribution >= 4 is 18.5 Å². The molecule has 0 unspecified atom stereocenters. The van der Waals surface area contributed by atoms with Crippen molar-refractivity contribution in [2.75, 3.05) is 13.1 Å². The highest BCUT2D eigenvalue weighted by atomic mass is 35.5. The molecule has 1 aliphatic rings. The van der Waals surface area contributed by atoms with Gasteiger partial charge in [0, 0.05) is 12.6 Å². The van der Waals surface area contributed by atoms with E-state index in [9.17, 15) is 4.79 Å². The van der Waals surface area contributed by atoms with Crippen molar-refractivity contribution in [1.82, 2.24) is 10.6 Å². The van der Waals surface area contributed by atoms with E-state index in [1.807, 2.05) is 30.3 Å². The Morgan fingerprint density at radius 1 is 1.39 bits per heavy atom. The fourth-order valence-electron chi connectivity index (χ4n) is 1.92. The van der Waals surface area contributed by atoms with E-state index in [2.05, 4.69) is 17.6 Å². The molecule has 2 atom stereocenters. The summed E-state index contributed by atoms with van der Waals surface area (Å²) >= 11 is 0. The van der Waals surface area contributed by atoms with Crippen molar-refractivity contribution in [1.29, 1.82) is 0 Å². The number of nitrogens with one attached hydrogen (secondary N) is 2. The van der Waals surface area contributed by atoms with Crippen molar-refractivity contribution in [3.63, 3.8) is 0 Å². The van der Waals surface area contributed by atoms with Gasteiger partial charge in [0.1, 0.15) is 6.61 Å². The van der Waals surface area contributed by atoms with Crippen molar-refractivity contribution in [3.05, 3.63) is 35.9 Å². The van der Waals surface area contributed by atoms with Gasteiger partial charge in [0.25, 0.3) is 0 Å². The van der Waals surface area contributed by atoms with Gasteiger partial charge in [0.05, 0.1) is 0 Å². The van der Waals surface area contributed by atoms with Gasteiger partial charge in [-0.3, -0.25) is 0 Å². The SMILES string of the molecule is C[C@@H]1CNC[C@H]1NC(=O)OCc1ccccc1.Cl. The number of benzene rings is 1. The van der Waals surface area contributed by atoms with Crippen LogP contribution in [-0.4, -0.2) is 25.2 Å². The van der Waals surface area contributed by atoms with Crippen LogP contribution >= 0.6 is 12.4 Å². The maximum atomic E-state index is 11.6. The zero-order chi connectivity index (χ0) is 12.1. The highest BCUT2D eigenvalue weighted by molar-refractivity contribution is 5.85. The molecule has 100 valence electrons. The minimum atomic E-state index is -0.339. The molecule has 1 heterocycles. The molecule has 2 rings (SSSR count). The summed E-state index contributed by atoms with van der Waals surface area (Å²) in [5, 5.41) is 6.11. The van der Waals surface area contributed by atoms with Gasteiger partial charge in [0.2, 0.25) is 0 Å². The maximum Gasteiger partial charge on any atom is 0.407 e. The van der Waals surface area contributed by atoms with E-state index in [-0.39, 0.29) is 24.5 Å². The Morgan fingerprint density at radius 2 is 2.11 bits per heavy atom. The van der Waals surface area contributed by atoms with E-state index in [1.54, 1.807) is 0 Å². The van der Waals surface area contributed by atoms with Crippen LogP contribution < -0.4 is 10.6 Å². The molecule has 1 amide bonds. The molecule has 0 aromatic heterocycles. The maximum absolute atomic E-state index is 11.6. The zero-order valence-corrected chi connectivity index (χ0v) is 11.2. The van der Waals surface area contributed by atoms with Crippen LogP contribution in [0.25, 0.3) is 0 Å². The third kappa shape index (κ3) is 4.20. The predicted octanol–water partition coefficient (Wildman–Crippen LogP) is 1.94. The van der Waals surface area contributed by atoms with Crippen LogP contribution in [0.5, 0.6) is 0 Å².